The van der Waals surface area contributed by atoms with E-state index >= 15 is 0 Å². The summed E-state index contributed by atoms with van der Waals surface area (Å²) in [6, 6.07) is 17.4. The Kier molecular flexibility index (Phi) is 5.21. The van der Waals surface area contributed by atoms with Crippen LogP contribution in [0.1, 0.15) is 32.3 Å². The van der Waals surface area contributed by atoms with Crippen LogP contribution in [0.4, 0.5) is 0 Å². The first-order valence-electron chi connectivity index (χ1n) is 8.03. The second kappa shape index (κ2) is 6.94. The lowest BCUT2D eigenvalue weighted by Gasteiger charge is -2.31. The van der Waals surface area contributed by atoms with E-state index in [1.165, 1.54) is 16.3 Å². The molecule has 0 heterocycles. The Morgan fingerprint density at radius 3 is 2.41 bits per heavy atom. The molecular formula is C20H26N2. The van der Waals surface area contributed by atoms with E-state index in [2.05, 4.69) is 81.4 Å². The van der Waals surface area contributed by atoms with Crippen LogP contribution in [-0.2, 0) is 5.41 Å². The van der Waals surface area contributed by atoms with Gasteiger partial charge in [0.25, 0.3) is 0 Å². The van der Waals surface area contributed by atoms with Crippen molar-refractivity contribution < 1.29 is 0 Å². The molecule has 0 spiro atoms. The molecule has 0 N–H and O–H groups in total. The summed E-state index contributed by atoms with van der Waals surface area (Å²) in [5, 5.41) is 12.5. The lowest BCUT2D eigenvalue weighted by molar-refractivity contribution is 0.322. The summed E-state index contributed by atoms with van der Waals surface area (Å²) in [7, 11) is 4.14. The molecule has 2 heteroatoms. The van der Waals surface area contributed by atoms with Crippen molar-refractivity contribution in [2.75, 3.05) is 20.6 Å². The average Bonchev–Trinajstić information content (AvgIpc) is 2.50. The summed E-state index contributed by atoms with van der Waals surface area (Å²) < 4.78 is 0. The summed E-state index contributed by atoms with van der Waals surface area (Å²) in [6.07, 6.45) is 1.76. The van der Waals surface area contributed by atoms with Crippen molar-refractivity contribution in [1.82, 2.24) is 4.90 Å². The van der Waals surface area contributed by atoms with Crippen molar-refractivity contribution in [2.24, 2.45) is 5.92 Å². The summed E-state index contributed by atoms with van der Waals surface area (Å²) >= 11 is 0. The summed E-state index contributed by atoms with van der Waals surface area (Å²) in [5.41, 5.74) is 0.767. The molecule has 0 aliphatic rings. The van der Waals surface area contributed by atoms with Crippen molar-refractivity contribution >= 4 is 10.8 Å². The number of hydrogen-bond donors (Lipinski definition) is 0. The highest BCUT2D eigenvalue weighted by atomic mass is 15.0. The van der Waals surface area contributed by atoms with Gasteiger partial charge in [-0.1, -0.05) is 56.3 Å². The number of benzene rings is 2. The molecule has 0 saturated heterocycles. The first kappa shape index (κ1) is 16.5. The van der Waals surface area contributed by atoms with Crippen LogP contribution in [0.3, 0.4) is 0 Å². The van der Waals surface area contributed by atoms with Crippen LogP contribution in [0.25, 0.3) is 10.8 Å². The zero-order valence-electron chi connectivity index (χ0n) is 14.1. The Bertz CT molecular complexity index is 661. The van der Waals surface area contributed by atoms with E-state index in [1.54, 1.807) is 0 Å². The van der Waals surface area contributed by atoms with Crippen LogP contribution in [0.15, 0.2) is 42.5 Å². The van der Waals surface area contributed by atoms with Crippen LogP contribution in [0.2, 0.25) is 0 Å². The van der Waals surface area contributed by atoms with Gasteiger partial charge in [-0.25, -0.2) is 0 Å². The van der Waals surface area contributed by atoms with Crippen molar-refractivity contribution in [2.45, 2.75) is 32.1 Å². The molecule has 2 aromatic rings. The van der Waals surface area contributed by atoms with Crippen LogP contribution in [0, 0.1) is 17.2 Å². The minimum Gasteiger partial charge on any atom is -0.309 e. The van der Waals surface area contributed by atoms with Crippen molar-refractivity contribution in [3.8, 4) is 6.07 Å². The van der Waals surface area contributed by atoms with Gasteiger partial charge in [0, 0.05) is 0 Å². The van der Waals surface area contributed by atoms with Gasteiger partial charge in [0.1, 0.15) is 0 Å². The molecule has 0 unspecified atom stereocenters. The second-order valence-corrected chi connectivity index (χ2v) is 6.87. The molecule has 0 bridgehead atoms. The SMILES string of the molecule is CC(C)C[C@@](C#N)(CCN(C)C)c1cccc2ccccc12. The van der Waals surface area contributed by atoms with E-state index in [-0.39, 0.29) is 0 Å². The molecule has 2 rings (SSSR count). The zero-order chi connectivity index (χ0) is 16.2. The molecule has 0 radical (unpaired) electrons. The third-order valence-electron chi connectivity index (χ3n) is 4.26. The fourth-order valence-electron chi connectivity index (χ4n) is 3.26. The van der Waals surface area contributed by atoms with E-state index in [9.17, 15) is 5.26 Å². The zero-order valence-corrected chi connectivity index (χ0v) is 14.1. The van der Waals surface area contributed by atoms with Crippen LogP contribution in [-0.4, -0.2) is 25.5 Å². The Morgan fingerprint density at radius 2 is 1.77 bits per heavy atom. The van der Waals surface area contributed by atoms with Crippen molar-refractivity contribution in [1.29, 1.82) is 5.26 Å². The van der Waals surface area contributed by atoms with Gasteiger partial charge < -0.3 is 4.90 Å². The highest BCUT2D eigenvalue weighted by Crippen LogP contribution is 2.38. The Balaban J connectivity index is 2.57. The van der Waals surface area contributed by atoms with E-state index in [0.29, 0.717) is 5.92 Å². The van der Waals surface area contributed by atoms with E-state index in [0.717, 1.165) is 19.4 Å². The molecule has 1 atom stereocenters. The highest BCUT2D eigenvalue weighted by molar-refractivity contribution is 5.87. The molecule has 2 nitrogen and oxygen atoms in total. The quantitative estimate of drug-likeness (QED) is 0.778. The highest BCUT2D eigenvalue weighted by Gasteiger charge is 2.34. The van der Waals surface area contributed by atoms with Crippen LogP contribution < -0.4 is 0 Å². The van der Waals surface area contributed by atoms with Gasteiger partial charge in [-0.3, -0.25) is 0 Å². The Morgan fingerprint density at radius 1 is 1.09 bits per heavy atom. The minimum atomic E-state index is -0.417. The third kappa shape index (κ3) is 3.48. The molecule has 0 aliphatic carbocycles. The van der Waals surface area contributed by atoms with Gasteiger partial charge in [-0.15, -0.1) is 0 Å². The first-order chi connectivity index (χ1) is 10.5. The van der Waals surface area contributed by atoms with Gasteiger partial charge in [0.15, 0.2) is 0 Å². The lowest BCUT2D eigenvalue weighted by atomic mass is 9.71. The van der Waals surface area contributed by atoms with Gasteiger partial charge in [0.05, 0.1) is 11.5 Å². The monoisotopic (exact) mass is 294 g/mol. The first-order valence-corrected chi connectivity index (χ1v) is 8.03. The minimum absolute atomic E-state index is 0.417. The maximum absolute atomic E-state index is 10.1. The van der Waals surface area contributed by atoms with Crippen molar-refractivity contribution in [3.63, 3.8) is 0 Å². The van der Waals surface area contributed by atoms with Gasteiger partial charge in [0.2, 0.25) is 0 Å². The molecule has 0 aromatic heterocycles. The second-order valence-electron chi connectivity index (χ2n) is 6.87. The summed E-state index contributed by atoms with van der Waals surface area (Å²) in [5.74, 6) is 0.487. The normalized spacial score (nSPS) is 14.2. The fourth-order valence-corrected chi connectivity index (χ4v) is 3.26. The standard InChI is InChI=1S/C20H26N2/c1-16(2)14-20(15-21,12-13-22(3)4)19-11-7-9-17-8-5-6-10-18(17)19/h5-11,16H,12-14H2,1-4H3/t20-/m1/s1. The largest absolute Gasteiger partial charge is 0.309 e. The molecule has 0 saturated carbocycles. The number of nitrogens with zero attached hydrogens (tertiary/aromatic N) is 2. The predicted octanol–water partition coefficient (Wildman–Crippen LogP) is 4.60. The number of fused-ring (bicyclic) bond motifs is 1. The van der Waals surface area contributed by atoms with E-state index < -0.39 is 5.41 Å². The molecule has 0 fully saturated rings. The third-order valence-corrected chi connectivity index (χ3v) is 4.26. The van der Waals surface area contributed by atoms with Crippen molar-refractivity contribution in [3.05, 3.63) is 48.0 Å². The van der Waals surface area contributed by atoms with Gasteiger partial charge >= 0.3 is 0 Å². The van der Waals surface area contributed by atoms with Gasteiger partial charge in [-0.05, 0) is 55.7 Å². The molecule has 2 aromatic carbocycles. The summed E-state index contributed by atoms with van der Waals surface area (Å²) in [4.78, 5) is 2.16. The average molecular weight is 294 g/mol. The van der Waals surface area contributed by atoms with Crippen LogP contribution >= 0.6 is 0 Å². The topological polar surface area (TPSA) is 27.0 Å². The number of rotatable bonds is 6. The molecule has 0 amide bonds. The number of nitriles is 1. The lowest BCUT2D eigenvalue weighted by Crippen LogP contribution is -2.31. The van der Waals surface area contributed by atoms with Crippen LogP contribution in [0.5, 0.6) is 0 Å². The Labute approximate surface area is 134 Å². The molecule has 22 heavy (non-hydrogen) atoms. The van der Waals surface area contributed by atoms with E-state index in [4.69, 9.17) is 0 Å². The maximum Gasteiger partial charge on any atom is 0.0842 e. The maximum atomic E-state index is 10.1. The molecule has 0 aliphatic heterocycles. The molecule has 116 valence electrons. The Hall–Kier alpha value is -1.85. The molecular weight excluding hydrogens is 268 g/mol. The number of hydrogen-bond acceptors (Lipinski definition) is 2. The van der Waals surface area contributed by atoms with E-state index in [1.807, 2.05) is 0 Å². The summed E-state index contributed by atoms with van der Waals surface area (Å²) in [6.45, 7) is 5.32. The fraction of sp³-hybridized carbons (Fsp3) is 0.450. The van der Waals surface area contributed by atoms with Gasteiger partial charge in [-0.2, -0.15) is 5.26 Å². The smallest absolute Gasteiger partial charge is 0.0842 e. The predicted molar refractivity (Wildman–Crippen MR) is 93.9 cm³/mol.